The number of nitriles is 1. The van der Waals surface area contributed by atoms with E-state index in [1.165, 1.54) is 42.5 Å². The van der Waals surface area contributed by atoms with Gasteiger partial charge in [-0.15, -0.1) is 0 Å². The van der Waals surface area contributed by atoms with Crippen molar-refractivity contribution in [1.29, 1.82) is 5.26 Å². The largest absolute Gasteiger partial charge is 0.416 e. The van der Waals surface area contributed by atoms with Crippen LogP contribution in [0.15, 0.2) is 76.5 Å². The molecule has 1 aliphatic rings. The third-order valence-electron chi connectivity index (χ3n) is 4.51. The Hall–Kier alpha value is -3.57. The summed E-state index contributed by atoms with van der Waals surface area (Å²) in [6.07, 6.45) is -4.49. The molecule has 1 aliphatic heterocycles. The van der Waals surface area contributed by atoms with E-state index in [0.717, 1.165) is 28.8 Å². The van der Waals surface area contributed by atoms with Crippen LogP contribution >= 0.6 is 11.8 Å². The van der Waals surface area contributed by atoms with Crippen LogP contribution in [-0.2, 0) is 6.18 Å². The highest BCUT2D eigenvalue weighted by atomic mass is 32.2. The third-order valence-corrected chi connectivity index (χ3v) is 5.57. The van der Waals surface area contributed by atoms with Crippen LogP contribution in [0.4, 0.5) is 18.9 Å². The van der Waals surface area contributed by atoms with Crippen molar-refractivity contribution < 1.29 is 22.8 Å². The van der Waals surface area contributed by atoms with Gasteiger partial charge in [-0.2, -0.15) is 18.4 Å². The van der Waals surface area contributed by atoms with Gasteiger partial charge in [-0.1, -0.05) is 30.0 Å². The van der Waals surface area contributed by atoms with Crippen LogP contribution in [0.3, 0.4) is 0 Å². The number of carbonyl (C=O) groups excluding carboxylic acids is 2. The minimum absolute atomic E-state index is 0.155. The maximum absolute atomic E-state index is 13.0. The van der Waals surface area contributed by atoms with E-state index in [1.807, 2.05) is 6.07 Å². The summed E-state index contributed by atoms with van der Waals surface area (Å²) >= 11 is 0.978. The number of fused-ring (bicyclic) bond motifs is 1. The first-order valence-electron chi connectivity index (χ1n) is 8.66. The molecule has 1 heterocycles. The lowest BCUT2D eigenvalue weighted by molar-refractivity contribution is -0.137. The zero-order chi connectivity index (χ0) is 21.5. The normalized spacial score (nSPS) is 13.3. The fourth-order valence-electron chi connectivity index (χ4n) is 3.12. The number of hydrogen-bond acceptors (Lipinski definition) is 4. The smallest absolute Gasteiger partial charge is 0.268 e. The first kappa shape index (κ1) is 19.7. The number of carbonyl (C=O) groups is 2. The lowest BCUT2D eigenvalue weighted by atomic mass is 10.1. The van der Waals surface area contributed by atoms with Gasteiger partial charge in [-0.3, -0.25) is 9.59 Å². The van der Waals surface area contributed by atoms with E-state index in [1.54, 1.807) is 12.1 Å². The van der Waals surface area contributed by atoms with Gasteiger partial charge in [-0.25, -0.2) is 4.90 Å². The maximum atomic E-state index is 13.0. The van der Waals surface area contributed by atoms with Gasteiger partial charge < -0.3 is 0 Å². The molecule has 0 unspecified atom stereocenters. The Morgan fingerprint density at radius 2 is 1.53 bits per heavy atom. The van der Waals surface area contributed by atoms with E-state index < -0.39 is 23.6 Å². The molecule has 3 aromatic rings. The summed E-state index contributed by atoms with van der Waals surface area (Å²) in [6, 6.07) is 17.4. The first-order chi connectivity index (χ1) is 14.3. The Balaban J connectivity index is 1.78. The van der Waals surface area contributed by atoms with Gasteiger partial charge in [-0.05, 0) is 48.5 Å². The molecule has 0 atom stereocenters. The second-order valence-corrected chi connectivity index (χ2v) is 7.53. The number of nitrogens with zero attached hydrogens (tertiary/aromatic N) is 2. The maximum Gasteiger partial charge on any atom is 0.416 e. The SMILES string of the molecule is N#Cc1ccc(Sc2cccc(C(F)(F)F)c2)c(N2C(=O)c3ccccc3C2=O)c1. The second-order valence-electron chi connectivity index (χ2n) is 6.41. The molecule has 0 saturated carbocycles. The van der Waals surface area contributed by atoms with E-state index in [2.05, 4.69) is 0 Å². The van der Waals surface area contributed by atoms with Crippen molar-refractivity contribution in [2.24, 2.45) is 0 Å². The van der Waals surface area contributed by atoms with Crippen LogP contribution in [0, 0.1) is 11.3 Å². The predicted molar refractivity (Wildman–Crippen MR) is 104 cm³/mol. The standard InChI is InChI=1S/C22H11F3N2O2S/c23-22(24,25)14-4-3-5-15(11-14)30-19-9-8-13(12-26)10-18(19)27-20(28)16-6-1-2-7-17(16)21(27)29/h1-11H. The van der Waals surface area contributed by atoms with Crippen LogP contribution in [0.25, 0.3) is 0 Å². The molecule has 4 nitrogen and oxygen atoms in total. The zero-order valence-electron chi connectivity index (χ0n) is 15.1. The summed E-state index contributed by atoms with van der Waals surface area (Å²) in [7, 11) is 0. The van der Waals surface area contributed by atoms with Crippen molar-refractivity contribution in [3.8, 4) is 6.07 Å². The topological polar surface area (TPSA) is 61.2 Å². The van der Waals surface area contributed by atoms with Gasteiger partial charge in [0.05, 0.1) is 34.0 Å². The quantitative estimate of drug-likeness (QED) is 0.519. The molecule has 148 valence electrons. The van der Waals surface area contributed by atoms with Crippen LogP contribution in [0.2, 0.25) is 0 Å². The van der Waals surface area contributed by atoms with Crippen LogP contribution in [0.5, 0.6) is 0 Å². The second kappa shape index (κ2) is 7.35. The molecular weight excluding hydrogens is 413 g/mol. The number of benzene rings is 3. The zero-order valence-corrected chi connectivity index (χ0v) is 15.9. The molecule has 8 heteroatoms. The van der Waals surface area contributed by atoms with Crippen LogP contribution in [-0.4, -0.2) is 11.8 Å². The van der Waals surface area contributed by atoms with Gasteiger partial charge in [0.25, 0.3) is 11.8 Å². The molecular formula is C22H11F3N2O2S. The molecule has 0 aliphatic carbocycles. The molecule has 0 bridgehead atoms. The lowest BCUT2D eigenvalue weighted by Gasteiger charge is -2.18. The average molecular weight is 424 g/mol. The summed E-state index contributed by atoms with van der Waals surface area (Å²) in [5.74, 6) is -1.09. The molecule has 0 N–H and O–H groups in total. The molecule has 4 rings (SSSR count). The van der Waals surface area contributed by atoms with Gasteiger partial charge in [0, 0.05) is 9.79 Å². The summed E-state index contributed by atoms with van der Waals surface area (Å²) in [4.78, 5) is 27.3. The van der Waals surface area contributed by atoms with E-state index in [9.17, 15) is 28.0 Å². The van der Waals surface area contributed by atoms with Crippen molar-refractivity contribution in [2.45, 2.75) is 16.0 Å². The minimum atomic E-state index is -4.49. The highest BCUT2D eigenvalue weighted by molar-refractivity contribution is 7.99. The van der Waals surface area contributed by atoms with Gasteiger partial charge in [0.1, 0.15) is 0 Å². The molecule has 0 fully saturated rings. The summed E-state index contributed by atoms with van der Waals surface area (Å²) < 4.78 is 39.1. The Kier molecular flexibility index (Phi) is 4.84. The Morgan fingerprint density at radius 1 is 0.867 bits per heavy atom. The molecule has 3 aromatic carbocycles. The van der Waals surface area contributed by atoms with Crippen molar-refractivity contribution >= 4 is 29.3 Å². The number of rotatable bonds is 3. The van der Waals surface area contributed by atoms with Gasteiger partial charge in [0.2, 0.25) is 0 Å². The Bertz CT molecular complexity index is 1200. The van der Waals surface area contributed by atoms with Crippen molar-refractivity contribution in [1.82, 2.24) is 0 Å². The molecule has 2 amide bonds. The highest BCUT2D eigenvalue weighted by Gasteiger charge is 2.37. The fourth-order valence-corrected chi connectivity index (χ4v) is 4.10. The summed E-state index contributed by atoms with van der Waals surface area (Å²) in [5, 5.41) is 9.25. The number of hydrogen-bond donors (Lipinski definition) is 0. The van der Waals surface area contributed by atoms with Crippen molar-refractivity contribution in [3.05, 3.63) is 89.0 Å². The number of alkyl halides is 3. The monoisotopic (exact) mass is 424 g/mol. The first-order valence-corrected chi connectivity index (χ1v) is 9.48. The highest BCUT2D eigenvalue weighted by Crippen LogP contribution is 2.40. The number of amides is 2. The molecule has 0 saturated heterocycles. The van der Waals surface area contributed by atoms with E-state index in [-0.39, 0.29) is 27.3 Å². The van der Waals surface area contributed by atoms with Crippen molar-refractivity contribution in [2.75, 3.05) is 4.90 Å². The Labute approximate surface area is 173 Å². The van der Waals surface area contributed by atoms with Gasteiger partial charge in [0.15, 0.2) is 0 Å². The lowest BCUT2D eigenvalue weighted by Crippen LogP contribution is -2.30. The van der Waals surface area contributed by atoms with E-state index in [4.69, 9.17) is 0 Å². The van der Waals surface area contributed by atoms with E-state index in [0.29, 0.717) is 4.90 Å². The summed E-state index contributed by atoms with van der Waals surface area (Å²) in [5.41, 5.74) is 0.0424. The molecule has 30 heavy (non-hydrogen) atoms. The Morgan fingerprint density at radius 3 is 2.13 bits per heavy atom. The predicted octanol–water partition coefficient (Wildman–Crippen LogP) is 5.53. The third kappa shape index (κ3) is 3.44. The molecule has 0 spiro atoms. The molecule has 0 aromatic heterocycles. The number of imide groups is 1. The van der Waals surface area contributed by atoms with Gasteiger partial charge >= 0.3 is 6.18 Å². The number of anilines is 1. The average Bonchev–Trinajstić information content (AvgIpc) is 2.99. The number of halogens is 3. The molecule has 0 radical (unpaired) electrons. The fraction of sp³-hybridized carbons (Fsp3) is 0.0455. The minimum Gasteiger partial charge on any atom is -0.268 e. The summed E-state index contributed by atoms with van der Waals surface area (Å²) in [6.45, 7) is 0. The van der Waals surface area contributed by atoms with Crippen LogP contribution < -0.4 is 4.90 Å². The van der Waals surface area contributed by atoms with Crippen LogP contribution in [0.1, 0.15) is 31.8 Å². The van der Waals surface area contributed by atoms with Crippen molar-refractivity contribution in [3.63, 3.8) is 0 Å². The van der Waals surface area contributed by atoms with E-state index >= 15 is 0 Å².